The number of aliphatic imine (C=N–C) groups is 1. The van der Waals surface area contributed by atoms with Crippen molar-refractivity contribution in [3.05, 3.63) is 47.9 Å². The first kappa shape index (κ1) is 16.4. The standard InChI is InChI=1S/C20H22N6O/c27-14-5-3-13(4-6-14)25-26-11-17-15-7-9-21-10-18(15)24-20-16(2-1-8-22-20)19(17)23-12-26/h1-2,7-10,12-14,25,27H,3-6,11H2,(H,22,24). The molecule has 0 atom stereocenters. The van der Waals surface area contributed by atoms with Gasteiger partial charge in [0.1, 0.15) is 12.2 Å². The second kappa shape index (κ2) is 6.75. The number of nitrogens with zero attached hydrogens (tertiary/aromatic N) is 4. The average molecular weight is 362 g/mol. The second-order valence-corrected chi connectivity index (χ2v) is 7.28. The molecule has 2 aromatic rings. The predicted octanol–water partition coefficient (Wildman–Crippen LogP) is 2.55. The van der Waals surface area contributed by atoms with Gasteiger partial charge in [-0.2, -0.15) is 0 Å². The van der Waals surface area contributed by atoms with Crippen molar-refractivity contribution in [2.45, 2.75) is 37.8 Å². The summed E-state index contributed by atoms with van der Waals surface area (Å²) in [6.07, 6.45) is 10.8. The first-order valence-corrected chi connectivity index (χ1v) is 9.43. The highest BCUT2D eigenvalue weighted by molar-refractivity contribution is 6.03. The second-order valence-electron chi connectivity index (χ2n) is 7.28. The summed E-state index contributed by atoms with van der Waals surface area (Å²) < 4.78 is 0. The van der Waals surface area contributed by atoms with Crippen LogP contribution in [0, 0.1) is 0 Å². The summed E-state index contributed by atoms with van der Waals surface area (Å²) in [6.45, 7) is 0.713. The fourth-order valence-corrected chi connectivity index (χ4v) is 4.04. The van der Waals surface area contributed by atoms with E-state index in [1.54, 1.807) is 6.20 Å². The molecule has 2 aliphatic heterocycles. The van der Waals surface area contributed by atoms with Crippen LogP contribution in [0.4, 0.5) is 11.5 Å². The van der Waals surface area contributed by atoms with Gasteiger partial charge >= 0.3 is 0 Å². The number of rotatable bonds is 2. The van der Waals surface area contributed by atoms with Crippen LogP contribution >= 0.6 is 0 Å². The van der Waals surface area contributed by atoms with Crippen molar-refractivity contribution in [1.29, 1.82) is 0 Å². The fourth-order valence-electron chi connectivity index (χ4n) is 4.04. The Morgan fingerprint density at radius 2 is 2.00 bits per heavy atom. The van der Waals surface area contributed by atoms with Crippen LogP contribution < -0.4 is 10.7 Å². The van der Waals surface area contributed by atoms with Crippen molar-refractivity contribution < 1.29 is 5.11 Å². The van der Waals surface area contributed by atoms with Gasteiger partial charge < -0.3 is 10.4 Å². The molecule has 27 heavy (non-hydrogen) atoms. The van der Waals surface area contributed by atoms with Crippen LogP contribution in [-0.2, 0) is 0 Å². The van der Waals surface area contributed by atoms with Crippen molar-refractivity contribution in [1.82, 2.24) is 20.4 Å². The number of aliphatic hydroxyl groups excluding tert-OH is 1. The minimum atomic E-state index is -0.149. The van der Waals surface area contributed by atoms with E-state index in [0.717, 1.165) is 59.6 Å². The van der Waals surface area contributed by atoms with Crippen LogP contribution in [0.3, 0.4) is 0 Å². The Morgan fingerprint density at radius 3 is 2.89 bits per heavy atom. The maximum atomic E-state index is 9.73. The Morgan fingerprint density at radius 1 is 1.11 bits per heavy atom. The van der Waals surface area contributed by atoms with E-state index in [1.807, 2.05) is 36.9 Å². The zero-order chi connectivity index (χ0) is 18.2. The smallest absolute Gasteiger partial charge is 0.139 e. The maximum Gasteiger partial charge on any atom is 0.139 e. The fraction of sp³-hybridized carbons (Fsp3) is 0.350. The number of fused-ring (bicyclic) bond motifs is 4. The highest BCUT2D eigenvalue weighted by Gasteiger charge is 2.27. The van der Waals surface area contributed by atoms with Crippen LogP contribution in [0.1, 0.15) is 36.8 Å². The van der Waals surface area contributed by atoms with Gasteiger partial charge in [-0.25, -0.2) is 15.4 Å². The van der Waals surface area contributed by atoms with Gasteiger partial charge in [0.05, 0.1) is 30.2 Å². The summed E-state index contributed by atoms with van der Waals surface area (Å²) in [5.41, 5.74) is 8.72. The van der Waals surface area contributed by atoms with Crippen LogP contribution in [0.25, 0.3) is 11.3 Å². The Balaban J connectivity index is 1.48. The highest BCUT2D eigenvalue weighted by Crippen LogP contribution is 2.40. The molecule has 3 aliphatic rings. The lowest BCUT2D eigenvalue weighted by molar-refractivity contribution is 0.104. The first-order valence-electron chi connectivity index (χ1n) is 9.43. The largest absolute Gasteiger partial charge is 0.393 e. The van der Waals surface area contributed by atoms with Crippen molar-refractivity contribution >= 4 is 29.1 Å². The van der Waals surface area contributed by atoms with E-state index in [1.165, 1.54) is 0 Å². The molecule has 0 bridgehead atoms. The van der Waals surface area contributed by atoms with Crippen molar-refractivity contribution in [2.24, 2.45) is 4.99 Å². The van der Waals surface area contributed by atoms with Gasteiger partial charge in [0, 0.05) is 35.1 Å². The molecule has 4 heterocycles. The summed E-state index contributed by atoms with van der Waals surface area (Å²) in [5.74, 6) is 0.802. The third-order valence-electron chi connectivity index (χ3n) is 5.45. The van der Waals surface area contributed by atoms with E-state index in [0.29, 0.717) is 12.6 Å². The summed E-state index contributed by atoms with van der Waals surface area (Å²) in [6, 6.07) is 6.39. The third-order valence-corrected chi connectivity index (χ3v) is 5.45. The summed E-state index contributed by atoms with van der Waals surface area (Å²) in [4.78, 5) is 13.5. The lowest BCUT2D eigenvalue weighted by atomic mass is 9.93. The normalized spacial score (nSPS) is 23.8. The Bertz CT molecular complexity index is 916. The molecule has 5 rings (SSSR count). The van der Waals surface area contributed by atoms with E-state index < -0.39 is 0 Å². The molecule has 2 aromatic heterocycles. The summed E-state index contributed by atoms with van der Waals surface area (Å²) in [5, 5.41) is 15.2. The minimum absolute atomic E-state index is 0.149. The van der Waals surface area contributed by atoms with Crippen LogP contribution in [0.5, 0.6) is 0 Å². The predicted molar refractivity (Wildman–Crippen MR) is 105 cm³/mol. The number of pyridine rings is 2. The topological polar surface area (TPSA) is 85.7 Å². The summed E-state index contributed by atoms with van der Waals surface area (Å²) in [7, 11) is 0. The zero-order valence-corrected chi connectivity index (χ0v) is 15.0. The molecule has 1 aliphatic carbocycles. The summed E-state index contributed by atoms with van der Waals surface area (Å²) >= 11 is 0. The Hall–Kier alpha value is -2.77. The van der Waals surface area contributed by atoms with Crippen molar-refractivity contribution in [3.8, 4) is 0 Å². The number of nitrogens with one attached hydrogen (secondary N) is 2. The minimum Gasteiger partial charge on any atom is -0.393 e. The first-order chi connectivity index (χ1) is 13.3. The van der Waals surface area contributed by atoms with Crippen molar-refractivity contribution in [2.75, 3.05) is 11.9 Å². The molecule has 0 radical (unpaired) electrons. The number of aliphatic hydroxyl groups is 1. The van der Waals surface area contributed by atoms with E-state index >= 15 is 0 Å². The monoisotopic (exact) mass is 362 g/mol. The van der Waals surface area contributed by atoms with Gasteiger partial charge in [0.15, 0.2) is 0 Å². The molecule has 3 N–H and O–H groups in total. The molecule has 0 saturated heterocycles. The van der Waals surface area contributed by atoms with Crippen LogP contribution in [0.2, 0.25) is 0 Å². The Labute approximate surface area is 157 Å². The van der Waals surface area contributed by atoms with Crippen molar-refractivity contribution in [3.63, 3.8) is 0 Å². The maximum absolute atomic E-state index is 9.73. The molecule has 138 valence electrons. The molecular formula is C20H22N6O. The van der Waals surface area contributed by atoms with E-state index in [9.17, 15) is 5.11 Å². The average Bonchev–Trinajstić information content (AvgIpc) is 2.84. The van der Waals surface area contributed by atoms with Gasteiger partial charge in [-0.1, -0.05) is 0 Å². The van der Waals surface area contributed by atoms with E-state index in [4.69, 9.17) is 4.99 Å². The quantitative estimate of drug-likeness (QED) is 0.761. The number of anilines is 2. The molecular weight excluding hydrogens is 340 g/mol. The van der Waals surface area contributed by atoms with E-state index in [2.05, 4.69) is 25.7 Å². The number of hydrogen-bond donors (Lipinski definition) is 3. The molecule has 1 saturated carbocycles. The molecule has 0 spiro atoms. The third kappa shape index (κ3) is 3.09. The molecule has 0 unspecified atom stereocenters. The lowest BCUT2D eigenvalue weighted by Gasteiger charge is -2.33. The van der Waals surface area contributed by atoms with E-state index in [-0.39, 0.29) is 6.10 Å². The van der Waals surface area contributed by atoms with Gasteiger partial charge in [-0.15, -0.1) is 0 Å². The van der Waals surface area contributed by atoms with Crippen LogP contribution in [0.15, 0.2) is 41.8 Å². The number of hydrogen-bond acceptors (Lipinski definition) is 7. The van der Waals surface area contributed by atoms with Gasteiger partial charge in [0.25, 0.3) is 0 Å². The molecule has 1 fully saturated rings. The molecule has 7 nitrogen and oxygen atoms in total. The van der Waals surface area contributed by atoms with Gasteiger partial charge in [-0.05, 0) is 43.9 Å². The molecule has 0 aromatic carbocycles. The number of aromatic nitrogens is 2. The van der Waals surface area contributed by atoms with Gasteiger partial charge in [-0.3, -0.25) is 9.99 Å². The molecule has 0 amide bonds. The Kier molecular flexibility index (Phi) is 4.10. The highest BCUT2D eigenvalue weighted by atomic mass is 16.3. The number of hydrazine groups is 1. The lowest BCUT2D eigenvalue weighted by Crippen LogP contribution is -2.47. The zero-order valence-electron chi connectivity index (χ0n) is 15.0. The van der Waals surface area contributed by atoms with Gasteiger partial charge in [0.2, 0.25) is 0 Å². The molecule has 7 heteroatoms. The van der Waals surface area contributed by atoms with Crippen LogP contribution in [-0.4, -0.2) is 45.1 Å². The SMILES string of the molecule is OC1CCC(NN2C=NC3=C(C2)c2ccncc2Nc2ncccc23)CC1.